The molecule has 1 fully saturated rings. The van der Waals surface area contributed by atoms with Crippen LogP contribution in [0.4, 0.5) is 0 Å². The standard InChI is InChI=1S/C10H17N3O/c1-7(9-3-4-9)11-6-5-10-12-8(2)13-14-10/h7,9,11H,3-6H2,1-2H3. The van der Waals surface area contributed by atoms with Crippen molar-refractivity contribution < 1.29 is 4.52 Å². The lowest BCUT2D eigenvalue weighted by Gasteiger charge is -2.10. The van der Waals surface area contributed by atoms with E-state index in [4.69, 9.17) is 4.52 Å². The first-order valence-corrected chi connectivity index (χ1v) is 5.28. The van der Waals surface area contributed by atoms with E-state index >= 15 is 0 Å². The maximum absolute atomic E-state index is 5.02. The van der Waals surface area contributed by atoms with Crippen LogP contribution in [-0.2, 0) is 6.42 Å². The molecule has 1 heterocycles. The number of rotatable bonds is 5. The normalized spacial score (nSPS) is 18.4. The highest BCUT2D eigenvalue weighted by Crippen LogP contribution is 2.32. The quantitative estimate of drug-likeness (QED) is 0.769. The first-order valence-electron chi connectivity index (χ1n) is 5.28. The molecular weight excluding hydrogens is 178 g/mol. The van der Waals surface area contributed by atoms with Crippen molar-refractivity contribution in [2.75, 3.05) is 6.54 Å². The van der Waals surface area contributed by atoms with Crippen LogP contribution in [0.2, 0.25) is 0 Å². The molecule has 0 bridgehead atoms. The smallest absolute Gasteiger partial charge is 0.227 e. The summed E-state index contributed by atoms with van der Waals surface area (Å²) in [4.78, 5) is 4.15. The Kier molecular flexibility index (Phi) is 2.82. The van der Waals surface area contributed by atoms with Gasteiger partial charge in [-0.15, -0.1) is 0 Å². The Morgan fingerprint density at radius 2 is 2.36 bits per heavy atom. The van der Waals surface area contributed by atoms with Crippen molar-refractivity contribution in [3.63, 3.8) is 0 Å². The van der Waals surface area contributed by atoms with Gasteiger partial charge in [-0.3, -0.25) is 0 Å². The van der Waals surface area contributed by atoms with E-state index in [0.717, 1.165) is 30.6 Å². The minimum absolute atomic E-state index is 0.638. The molecule has 0 saturated heterocycles. The molecule has 1 atom stereocenters. The van der Waals surface area contributed by atoms with E-state index < -0.39 is 0 Å². The lowest BCUT2D eigenvalue weighted by atomic mass is 10.2. The summed E-state index contributed by atoms with van der Waals surface area (Å²) in [5.74, 6) is 2.35. The molecule has 2 rings (SSSR count). The molecule has 78 valence electrons. The van der Waals surface area contributed by atoms with Gasteiger partial charge in [0.2, 0.25) is 5.89 Å². The molecule has 4 heteroatoms. The fraction of sp³-hybridized carbons (Fsp3) is 0.800. The summed E-state index contributed by atoms with van der Waals surface area (Å²) >= 11 is 0. The van der Waals surface area contributed by atoms with Gasteiger partial charge in [-0.2, -0.15) is 4.98 Å². The monoisotopic (exact) mass is 195 g/mol. The topological polar surface area (TPSA) is 51.0 Å². The minimum Gasteiger partial charge on any atom is -0.339 e. The summed E-state index contributed by atoms with van der Waals surface area (Å²) in [5, 5.41) is 7.22. The largest absolute Gasteiger partial charge is 0.339 e. The van der Waals surface area contributed by atoms with Crippen molar-refractivity contribution in [3.05, 3.63) is 11.7 Å². The average molecular weight is 195 g/mol. The van der Waals surface area contributed by atoms with Crippen LogP contribution in [0, 0.1) is 12.8 Å². The SMILES string of the molecule is Cc1noc(CCNC(C)C2CC2)n1. The van der Waals surface area contributed by atoms with Gasteiger partial charge in [-0.1, -0.05) is 5.16 Å². The van der Waals surface area contributed by atoms with E-state index in [2.05, 4.69) is 22.4 Å². The summed E-state index contributed by atoms with van der Waals surface area (Å²) < 4.78 is 5.02. The zero-order chi connectivity index (χ0) is 9.97. The Hall–Kier alpha value is -0.900. The molecule has 0 aromatic carbocycles. The van der Waals surface area contributed by atoms with E-state index in [0.29, 0.717) is 6.04 Å². The van der Waals surface area contributed by atoms with Gasteiger partial charge >= 0.3 is 0 Å². The van der Waals surface area contributed by atoms with Crippen molar-refractivity contribution in [1.29, 1.82) is 0 Å². The molecule has 1 saturated carbocycles. The van der Waals surface area contributed by atoms with Crippen LogP contribution in [0.15, 0.2) is 4.52 Å². The Morgan fingerprint density at radius 3 is 2.93 bits per heavy atom. The molecule has 4 nitrogen and oxygen atoms in total. The molecular formula is C10H17N3O. The van der Waals surface area contributed by atoms with Gasteiger partial charge in [0.05, 0.1) is 0 Å². The van der Waals surface area contributed by atoms with Crippen LogP contribution in [0.25, 0.3) is 0 Å². The van der Waals surface area contributed by atoms with Crippen LogP contribution >= 0.6 is 0 Å². The molecule has 14 heavy (non-hydrogen) atoms. The van der Waals surface area contributed by atoms with E-state index in [1.54, 1.807) is 0 Å². The fourth-order valence-corrected chi connectivity index (χ4v) is 1.61. The Balaban J connectivity index is 1.67. The van der Waals surface area contributed by atoms with Crippen molar-refractivity contribution >= 4 is 0 Å². The van der Waals surface area contributed by atoms with Crippen molar-refractivity contribution in [3.8, 4) is 0 Å². The lowest BCUT2D eigenvalue weighted by Crippen LogP contribution is -2.29. The third-order valence-electron chi connectivity index (χ3n) is 2.70. The van der Waals surface area contributed by atoms with Gasteiger partial charge in [0.15, 0.2) is 5.82 Å². The van der Waals surface area contributed by atoms with Crippen LogP contribution in [0.5, 0.6) is 0 Å². The van der Waals surface area contributed by atoms with Crippen LogP contribution in [0.3, 0.4) is 0 Å². The number of aryl methyl sites for hydroxylation is 1. The molecule has 0 radical (unpaired) electrons. The van der Waals surface area contributed by atoms with E-state index in [1.165, 1.54) is 12.8 Å². The Bertz CT molecular complexity index is 293. The number of nitrogens with zero attached hydrogens (tertiary/aromatic N) is 2. The van der Waals surface area contributed by atoms with Crippen molar-refractivity contribution in [1.82, 2.24) is 15.5 Å². The summed E-state index contributed by atoms with van der Waals surface area (Å²) in [6.07, 6.45) is 3.60. The van der Waals surface area contributed by atoms with Crippen LogP contribution in [-0.4, -0.2) is 22.7 Å². The first-order chi connectivity index (χ1) is 6.75. The maximum Gasteiger partial charge on any atom is 0.227 e. The third kappa shape index (κ3) is 2.54. The van der Waals surface area contributed by atoms with E-state index in [1.807, 2.05) is 6.92 Å². The van der Waals surface area contributed by atoms with Crippen molar-refractivity contribution in [2.45, 2.75) is 39.2 Å². The summed E-state index contributed by atoms with van der Waals surface area (Å²) in [7, 11) is 0. The molecule has 1 aliphatic rings. The molecule has 1 unspecified atom stereocenters. The van der Waals surface area contributed by atoms with Gasteiger partial charge in [-0.25, -0.2) is 0 Å². The molecule has 1 N–H and O–H groups in total. The van der Waals surface area contributed by atoms with Gasteiger partial charge in [0.1, 0.15) is 0 Å². The molecule has 1 aromatic rings. The molecule has 1 aliphatic carbocycles. The van der Waals surface area contributed by atoms with Gasteiger partial charge < -0.3 is 9.84 Å². The fourth-order valence-electron chi connectivity index (χ4n) is 1.61. The molecule has 1 aromatic heterocycles. The zero-order valence-electron chi connectivity index (χ0n) is 8.79. The van der Waals surface area contributed by atoms with E-state index in [9.17, 15) is 0 Å². The summed E-state index contributed by atoms with van der Waals surface area (Å²) in [6, 6.07) is 0.638. The summed E-state index contributed by atoms with van der Waals surface area (Å²) in [5.41, 5.74) is 0. The number of aromatic nitrogens is 2. The number of hydrogen-bond donors (Lipinski definition) is 1. The second-order valence-electron chi connectivity index (χ2n) is 4.07. The molecule has 0 amide bonds. The second-order valence-corrected chi connectivity index (χ2v) is 4.07. The summed E-state index contributed by atoms with van der Waals surface area (Å²) in [6.45, 7) is 5.02. The van der Waals surface area contributed by atoms with Gasteiger partial charge in [-0.05, 0) is 32.6 Å². The predicted molar refractivity (Wildman–Crippen MR) is 52.9 cm³/mol. The highest BCUT2D eigenvalue weighted by atomic mass is 16.5. The predicted octanol–water partition coefficient (Wildman–Crippen LogP) is 1.31. The highest BCUT2D eigenvalue weighted by Gasteiger charge is 2.27. The zero-order valence-corrected chi connectivity index (χ0v) is 8.79. The third-order valence-corrected chi connectivity index (χ3v) is 2.70. The van der Waals surface area contributed by atoms with Gasteiger partial charge in [0.25, 0.3) is 0 Å². The maximum atomic E-state index is 5.02. The lowest BCUT2D eigenvalue weighted by molar-refractivity contribution is 0.368. The number of nitrogens with one attached hydrogen (secondary N) is 1. The molecule has 0 spiro atoms. The highest BCUT2D eigenvalue weighted by molar-refractivity contribution is 4.86. The molecule has 0 aliphatic heterocycles. The van der Waals surface area contributed by atoms with Gasteiger partial charge in [0, 0.05) is 19.0 Å². The Morgan fingerprint density at radius 1 is 1.57 bits per heavy atom. The number of hydrogen-bond acceptors (Lipinski definition) is 4. The van der Waals surface area contributed by atoms with Crippen molar-refractivity contribution in [2.24, 2.45) is 5.92 Å². The first kappa shape index (κ1) is 9.65. The Labute approximate surface area is 84.1 Å². The second kappa shape index (κ2) is 4.09. The van der Waals surface area contributed by atoms with Crippen LogP contribution in [0.1, 0.15) is 31.5 Å². The van der Waals surface area contributed by atoms with E-state index in [-0.39, 0.29) is 0 Å². The average Bonchev–Trinajstić information content (AvgIpc) is 2.92. The minimum atomic E-state index is 0.638. The van der Waals surface area contributed by atoms with Crippen LogP contribution < -0.4 is 5.32 Å².